The highest BCUT2D eigenvalue weighted by Crippen LogP contribution is 2.41. The van der Waals surface area contributed by atoms with Crippen molar-refractivity contribution >= 4 is 55.7 Å². The molecule has 0 aliphatic heterocycles. The SMILES string of the molecule is c1ccc(-c2ccc(N(c3cccc(-c4cccc(N(c5ccc(-c6ccccc6)cc5)c5ccc6ccccc6c5)c4)c3)c3ccc4ccccc4c3)cc2)cc1. The lowest BCUT2D eigenvalue weighted by molar-refractivity contribution is 1.28. The second-order valence-electron chi connectivity index (χ2n) is 14.7. The minimum atomic E-state index is 1.09. The Morgan fingerprint density at radius 3 is 0.897 bits per heavy atom. The average molecular weight is 741 g/mol. The first kappa shape index (κ1) is 34.8. The number of rotatable bonds is 9. The third-order valence-corrected chi connectivity index (χ3v) is 11.0. The van der Waals surface area contributed by atoms with Gasteiger partial charge in [-0.1, -0.05) is 170 Å². The monoisotopic (exact) mass is 740 g/mol. The van der Waals surface area contributed by atoms with Gasteiger partial charge in [-0.25, -0.2) is 0 Å². The Kier molecular flexibility index (Phi) is 9.27. The van der Waals surface area contributed by atoms with Crippen LogP contribution in [-0.4, -0.2) is 0 Å². The second-order valence-corrected chi connectivity index (χ2v) is 14.7. The van der Waals surface area contributed by atoms with E-state index >= 15 is 0 Å². The van der Waals surface area contributed by atoms with Crippen molar-refractivity contribution in [3.63, 3.8) is 0 Å². The summed E-state index contributed by atoms with van der Waals surface area (Å²) in [5.41, 5.74) is 13.7. The molecule has 0 atom stereocenters. The van der Waals surface area contributed by atoms with Gasteiger partial charge in [-0.3, -0.25) is 0 Å². The second kappa shape index (κ2) is 15.5. The van der Waals surface area contributed by atoms with Gasteiger partial charge in [0.2, 0.25) is 0 Å². The van der Waals surface area contributed by atoms with Gasteiger partial charge in [0.1, 0.15) is 0 Å². The molecular formula is C56H40N2. The highest BCUT2D eigenvalue weighted by atomic mass is 15.1. The predicted octanol–water partition coefficient (Wildman–Crippen LogP) is 15.9. The van der Waals surface area contributed by atoms with Crippen molar-refractivity contribution in [2.75, 3.05) is 9.80 Å². The van der Waals surface area contributed by atoms with Crippen molar-refractivity contribution in [2.45, 2.75) is 0 Å². The van der Waals surface area contributed by atoms with Crippen molar-refractivity contribution in [1.29, 1.82) is 0 Å². The molecule has 2 nitrogen and oxygen atoms in total. The Balaban J connectivity index is 1.06. The Labute approximate surface area is 340 Å². The van der Waals surface area contributed by atoms with Gasteiger partial charge in [0.15, 0.2) is 0 Å². The van der Waals surface area contributed by atoms with Crippen LogP contribution in [0, 0.1) is 0 Å². The number of anilines is 6. The number of fused-ring (bicyclic) bond motifs is 2. The lowest BCUT2D eigenvalue weighted by atomic mass is 10.0. The maximum atomic E-state index is 2.37. The lowest BCUT2D eigenvalue weighted by Gasteiger charge is -2.27. The summed E-state index contributed by atoms with van der Waals surface area (Å²) in [7, 11) is 0. The summed E-state index contributed by atoms with van der Waals surface area (Å²) in [4.78, 5) is 4.73. The first-order valence-corrected chi connectivity index (χ1v) is 19.8. The molecule has 0 aromatic heterocycles. The summed E-state index contributed by atoms with van der Waals surface area (Å²) in [6.45, 7) is 0. The minimum Gasteiger partial charge on any atom is -0.310 e. The van der Waals surface area contributed by atoms with Gasteiger partial charge in [-0.05, 0) is 128 Å². The van der Waals surface area contributed by atoms with E-state index in [0.717, 1.165) is 45.3 Å². The highest BCUT2D eigenvalue weighted by Gasteiger charge is 2.17. The zero-order valence-electron chi connectivity index (χ0n) is 32.0. The summed E-state index contributed by atoms with van der Waals surface area (Å²) >= 11 is 0. The zero-order valence-corrected chi connectivity index (χ0v) is 32.0. The van der Waals surface area contributed by atoms with Gasteiger partial charge in [0.05, 0.1) is 0 Å². The standard InChI is InChI=1S/C56H40N2/c1-3-13-41(14-4-1)45-25-31-51(32-26-45)57(55-35-29-43-17-7-9-19-47(43)37-55)53-23-11-21-49(39-53)50-22-12-24-54(40-50)58(56-36-30-44-18-8-10-20-48(44)38-56)52-33-27-46(28-34-52)42-15-5-2-6-16-42/h1-40H. The van der Waals surface area contributed by atoms with Crippen LogP contribution < -0.4 is 9.80 Å². The smallest absolute Gasteiger partial charge is 0.0468 e. The Hall–Kier alpha value is -7.68. The van der Waals surface area contributed by atoms with Crippen LogP contribution in [0.25, 0.3) is 54.9 Å². The van der Waals surface area contributed by atoms with E-state index in [0.29, 0.717) is 0 Å². The minimum absolute atomic E-state index is 1.09. The third-order valence-electron chi connectivity index (χ3n) is 11.0. The zero-order chi connectivity index (χ0) is 38.7. The molecule has 0 radical (unpaired) electrons. The van der Waals surface area contributed by atoms with Crippen LogP contribution in [-0.2, 0) is 0 Å². The molecule has 0 aliphatic carbocycles. The average Bonchev–Trinajstić information content (AvgIpc) is 3.30. The topological polar surface area (TPSA) is 6.48 Å². The molecule has 274 valence electrons. The maximum Gasteiger partial charge on any atom is 0.0468 e. The van der Waals surface area contributed by atoms with Crippen LogP contribution in [0.1, 0.15) is 0 Å². The fraction of sp³-hybridized carbons (Fsp3) is 0. The molecule has 10 aromatic carbocycles. The quantitative estimate of drug-likeness (QED) is 0.145. The molecular weight excluding hydrogens is 701 g/mol. The van der Waals surface area contributed by atoms with Crippen molar-refractivity contribution in [1.82, 2.24) is 0 Å². The molecule has 0 fully saturated rings. The third kappa shape index (κ3) is 7.00. The van der Waals surface area contributed by atoms with E-state index < -0.39 is 0 Å². The predicted molar refractivity (Wildman–Crippen MR) is 247 cm³/mol. The van der Waals surface area contributed by atoms with Crippen molar-refractivity contribution < 1.29 is 0 Å². The number of hydrogen-bond donors (Lipinski definition) is 0. The van der Waals surface area contributed by atoms with E-state index in [4.69, 9.17) is 0 Å². The van der Waals surface area contributed by atoms with Crippen LogP contribution in [0.4, 0.5) is 34.1 Å². The van der Waals surface area contributed by atoms with Gasteiger partial charge >= 0.3 is 0 Å². The van der Waals surface area contributed by atoms with E-state index in [1.54, 1.807) is 0 Å². The van der Waals surface area contributed by atoms with Crippen LogP contribution in [0.15, 0.2) is 243 Å². The fourth-order valence-electron chi connectivity index (χ4n) is 8.04. The number of hydrogen-bond acceptors (Lipinski definition) is 2. The van der Waals surface area contributed by atoms with Crippen molar-refractivity contribution in [3.05, 3.63) is 243 Å². The molecule has 0 heterocycles. The molecule has 0 saturated carbocycles. The van der Waals surface area contributed by atoms with E-state index in [1.165, 1.54) is 43.8 Å². The normalized spacial score (nSPS) is 11.1. The molecule has 0 saturated heterocycles. The summed E-state index contributed by atoms with van der Waals surface area (Å²) in [5.74, 6) is 0. The molecule has 10 rings (SSSR count). The van der Waals surface area contributed by atoms with Gasteiger partial charge < -0.3 is 9.80 Å². The van der Waals surface area contributed by atoms with Gasteiger partial charge in [0, 0.05) is 34.1 Å². The molecule has 0 aliphatic rings. The van der Waals surface area contributed by atoms with E-state index in [2.05, 4.69) is 252 Å². The van der Waals surface area contributed by atoms with E-state index in [1.807, 2.05) is 0 Å². The van der Waals surface area contributed by atoms with Crippen LogP contribution in [0.3, 0.4) is 0 Å². The molecule has 0 spiro atoms. The highest BCUT2D eigenvalue weighted by molar-refractivity contribution is 5.92. The molecule has 0 unspecified atom stereocenters. The van der Waals surface area contributed by atoms with Crippen molar-refractivity contribution in [2.24, 2.45) is 0 Å². The first-order chi connectivity index (χ1) is 28.7. The fourth-order valence-corrected chi connectivity index (χ4v) is 8.04. The lowest BCUT2D eigenvalue weighted by Crippen LogP contribution is -2.10. The first-order valence-electron chi connectivity index (χ1n) is 19.8. The Bertz CT molecular complexity index is 2780. The number of benzene rings is 10. The van der Waals surface area contributed by atoms with Gasteiger partial charge in [0.25, 0.3) is 0 Å². The summed E-state index contributed by atoms with van der Waals surface area (Å²) < 4.78 is 0. The van der Waals surface area contributed by atoms with E-state index in [9.17, 15) is 0 Å². The molecule has 2 heteroatoms. The molecule has 58 heavy (non-hydrogen) atoms. The van der Waals surface area contributed by atoms with E-state index in [-0.39, 0.29) is 0 Å². The van der Waals surface area contributed by atoms with Gasteiger partial charge in [-0.15, -0.1) is 0 Å². The molecule has 0 N–H and O–H groups in total. The molecule has 10 aromatic rings. The van der Waals surface area contributed by atoms with Crippen LogP contribution in [0.5, 0.6) is 0 Å². The maximum absolute atomic E-state index is 2.37. The van der Waals surface area contributed by atoms with Crippen LogP contribution in [0.2, 0.25) is 0 Å². The van der Waals surface area contributed by atoms with Crippen LogP contribution >= 0.6 is 0 Å². The summed E-state index contributed by atoms with van der Waals surface area (Å²) in [6.07, 6.45) is 0. The summed E-state index contributed by atoms with van der Waals surface area (Å²) in [6, 6.07) is 87.4. The number of nitrogens with zero attached hydrogens (tertiary/aromatic N) is 2. The molecule has 0 amide bonds. The van der Waals surface area contributed by atoms with Crippen molar-refractivity contribution in [3.8, 4) is 33.4 Å². The Morgan fingerprint density at radius 2 is 0.483 bits per heavy atom. The largest absolute Gasteiger partial charge is 0.310 e. The Morgan fingerprint density at radius 1 is 0.172 bits per heavy atom. The van der Waals surface area contributed by atoms with Gasteiger partial charge in [-0.2, -0.15) is 0 Å². The summed E-state index contributed by atoms with van der Waals surface area (Å²) in [5, 5.41) is 4.87. The molecule has 0 bridgehead atoms.